The molecule has 0 fully saturated rings. The third-order valence-electron chi connectivity index (χ3n) is 5.55. The van der Waals surface area contributed by atoms with Crippen molar-refractivity contribution in [2.75, 3.05) is 20.8 Å². The number of fused-ring (bicyclic) bond motifs is 1. The van der Waals surface area contributed by atoms with E-state index in [4.69, 9.17) is 23.9 Å². The maximum absolute atomic E-state index is 6.06. The largest absolute Gasteiger partial charge is 0.493 e. The molecule has 0 unspecified atom stereocenters. The highest BCUT2D eigenvalue weighted by Crippen LogP contribution is 2.29. The minimum atomic E-state index is 0.342. The van der Waals surface area contributed by atoms with Gasteiger partial charge in [-0.25, -0.2) is 4.98 Å². The maximum Gasteiger partial charge on any atom is 0.161 e. The number of methoxy groups -OCH3 is 2. The van der Waals surface area contributed by atoms with Gasteiger partial charge < -0.3 is 23.5 Å². The number of aryl methyl sites for hydroxylation is 1. The number of hydrogen-bond acceptors (Lipinski definition) is 5. The van der Waals surface area contributed by atoms with Crippen LogP contribution in [0.15, 0.2) is 79.4 Å². The van der Waals surface area contributed by atoms with E-state index in [9.17, 15) is 0 Å². The van der Waals surface area contributed by atoms with Crippen LogP contribution < -0.4 is 18.9 Å². The Morgan fingerprint density at radius 1 is 0.853 bits per heavy atom. The number of hydrogen-bond donors (Lipinski definition) is 0. The predicted octanol–water partition coefficient (Wildman–Crippen LogP) is 5.83. The molecule has 6 heteroatoms. The Labute approximate surface area is 200 Å². The lowest BCUT2D eigenvalue weighted by Gasteiger charge is -2.14. The fraction of sp³-hybridized carbons (Fsp3) is 0.250. The zero-order valence-corrected chi connectivity index (χ0v) is 19.7. The van der Waals surface area contributed by atoms with Gasteiger partial charge in [-0.3, -0.25) is 0 Å². The molecule has 34 heavy (non-hydrogen) atoms. The Kier molecular flexibility index (Phi) is 7.71. The molecule has 0 atom stereocenters. The second-order valence-electron chi connectivity index (χ2n) is 7.79. The summed E-state index contributed by atoms with van der Waals surface area (Å²) in [5, 5.41) is 0. The van der Waals surface area contributed by atoms with Crippen LogP contribution in [0.5, 0.6) is 23.0 Å². The van der Waals surface area contributed by atoms with E-state index in [2.05, 4.69) is 17.2 Å². The van der Waals surface area contributed by atoms with E-state index in [1.807, 2.05) is 66.7 Å². The van der Waals surface area contributed by atoms with Crippen LogP contribution in [-0.2, 0) is 19.6 Å². The van der Waals surface area contributed by atoms with Gasteiger partial charge >= 0.3 is 0 Å². The first kappa shape index (κ1) is 23.2. The first-order valence-electron chi connectivity index (χ1n) is 11.3. The van der Waals surface area contributed by atoms with Crippen LogP contribution in [0.1, 0.15) is 17.8 Å². The van der Waals surface area contributed by atoms with Crippen LogP contribution in [0.3, 0.4) is 0 Å². The number of allylic oxidation sites excluding steroid dienone is 1. The molecule has 0 N–H and O–H groups in total. The summed E-state index contributed by atoms with van der Waals surface area (Å²) in [5.41, 5.74) is 3.16. The number of benzene rings is 3. The van der Waals surface area contributed by atoms with E-state index >= 15 is 0 Å². The van der Waals surface area contributed by atoms with Crippen LogP contribution in [-0.4, -0.2) is 30.4 Å². The van der Waals surface area contributed by atoms with Crippen molar-refractivity contribution in [3.63, 3.8) is 0 Å². The fourth-order valence-corrected chi connectivity index (χ4v) is 3.90. The third-order valence-corrected chi connectivity index (χ3v) is 5.55. The van der Waals surface area contributed by atoms with E-state index in [0.717, 1.165) is 53.3 Å². The van der Waals surface area contributed by atoms with Crippen molar-refractivity contribution in [3.05, 3.63) is 90.8 Å². The van der Waals surface area contributed by atoms with E-state index < -0.39 is 0 Å². The summed E-state index contributed by atoms with van der Waals surface area (Å²) in [6, 6.07) is 21.7. The van der Waals surface area contributed by atoms with E-state index in [1.165, 1.54) is 0 Å². The molecule has 0 saturated carbocycles. The highest BCUT2D eigenvalue weighted by Gasteiger charge is 2.13. The lowest BCUT2D eigenvalue weighted by molar-refractivity contribution is 0.264. The highest BCUT2D eigenvalue weighted by atomic mass is 16.5. The van der Waals surface area contributed by atoms with Crippen molar-refractivity contribution in [2.45, 2.75) is 26.0 Å². The molecule has 0 aliphatic heterocycles. The quantitative estimate of drug-likeness (QED) is 0.197. The summed E-state index contributed by atoms with van der Waals surface area (Å²) in [5.74, 6) is 3.73. The molecule has 1 aromatic heterocycles. The van der Waals surface area contributed by atoms with Crippen molar-refractivity contribution in [2.24, 2.45) is 0 Å². The summed E-state index contributed by atoms with van der Waals surface area (Å²) in [6.45, 7) is 5.44. The Bertz CT molecular complexity index is 1250. The second-order valence-corrected chi connectivity index (χ2v) is 7.79. The number of ether oxygens (including phenoxy) is 4. The Hall–Kier alpha value is -3.93. The van der Waals surface area contributed by atoms with Gasteiger partial charge in [0.15, 0.2) is 23.0 Å². The molecule has 0 aliphatic rings. The number of imidazole rings is 1. The van der Waals surface area contributed by atoms with Gasteiger partial charge in [-0.15, -0.1) is 6.58 Å². The smallest absolute Gasteiger partial charge is 0.161 e. The number of aromatic nitrogens is 2. The molecule has 0 spiro atoms. The van der Waals surface area contributed by atoms with Crippen molar-refractivity contribution in [1.29, 1.82) is 0 Å². The first-order valence-corrected chi connectivity index (χ1v) is 11.3. The maximum atomic E-state index is 6.06. The van der Waals surface area contributed by atoms with Crippen molar-refractivity contribution in [3.8, 4) is 23.0 Å². The van der Waals surface area contributed by atoms with Crippen LogP contribution in [0.25, 0.3) is 11.0 Å². The molecule has 0 radical (unpaired) electrons. The summed E-state index contributed by atoms with van der Waals surface area (Å²) < 4.78 is 25.2. The van der Waals surface area contributed by atoms with Gasteiger partial charge in [0, 0.05) is 6.54 Å². The topological polar surface area (TPSA) is 54.7 Å². The zero-order valence-electron chi connectivity index (χ0n) is 19.7. The number of para-hydroxylation sites is 4. The number of rotatable bonds is 12. The predicted molar refractivity (Wildman–Crippen MR) is 134 cm³/mol. The number of nitrogens with zero attached hydrogens (tertiary/aromatic N) is 2. The van der Waals surface area contributed by atoms with Crippen LogP contribution in [0.2, 0.25) is 0 Å². The van der Waals surface area contributed by atoms with E-state index in [1.54, 1.807) is 14.2 Å². The van der Waals surface area contributed by atoms with Crippen molar-refractivity contribution in [1.82, 2.24) is 9.55 Å². The van der Waals surface area contributed by atoms with Crippen LogP contribution >= 0.6 is 0 Å². The van der Waals surface area contributed by atoms with E-state index in [0.29, 0.717) is 24.7 Å². The molecular formula is C28H30N2O4. The molecule has 4 aromatic rings. The van der Waals surface area contributed by atoms with Gasteiger partial charge in [-0.1, -0.05) is 36.4 Å². The normalized spacial score (nSPS) is 10.8. The molecule has 0 aliphatic carbocycles. The summed E-state index contributed by atoms with van der Waals surface area (Å²) in [7, 11) is 3.30. The monoisotopic (exact) mass is 458 g/mol. The molecule has 6 nitrogen and oxygen atoms in total. The summed E-state index contributed by atoms with van der Waals surface area (Å²) in [6.07, 6.45) is 3.48. The van der Waals surface area contributed by atoms with Crippen LogP contribution in [0, 0.1) is 0 Å². The third kappa shape index (κ3) is 5.34. The van der Waals surface area contributed by atoms with Gasteiger partial charge in [0.2, 0.25) is 0 Å². The van der Waals surface area contributed by atoms with Gasteiger partial charge in [0.1, 0.15) is 12.4 Å². The van der Waals surface area contributed by atoms with E-state index in [-0.39, 0.29) is 0 Å². The Balaban J connectivity index is 1.44. The molecule has 1 heterocycles. The summed E-state index contributed by atoms with van der Waals surface area (Å²) in [4.78, 5) is 4.80. The molecule has 4 rings (SSSR count). The summed E-state index contributed by atoms with van der Waals surface area (Å²) >= 11 is 0. The Morgan fingerprint density at radius 3 is 2.38 bits per heavy atom. The van der Waals surface area contributed by atoms with Crippen LogP contribution in [0.4, 0.5) is 0 Å². The zero-order chi connectivity index (χ0) is 23.8. The minimum absolute atomic E-state index is 0.342. The highest BCUT2D eigenvalue weighted by molar-refractivity contribution is 5.75. The minimum Gasteiger partial charge on any atom is -0.493 e. The Morgan fingerprint density at radius 2 is 1.59 bits per heavy atom. The second kappa shape index (κ2) is 11.3. The lowest BCUT2D eigenvalue weighted by atomic mass is 10.1. The molecule has 3 aromatic carbocycles. The van der Waals surface area contributed by atoms with Gasteiger partial charge in [-0.05, 0) is 54.8 Å². The standard InChI is InChI=1S/C28H30N2O4/c1-4-10-21-15-16-26(27(19-21)32-3)33-18-9-17-30-23-12-6-5-11-22(23)29-28(30)20-34-25-14-8-7-13-24(25)31-2/h4-8,11-16,19H,1,9-10,17-18,20H2,2-3H3. The molecule has 0 amide bonds. The van der Waals surface area contributed by atoms with Crippen molar-refractivity contribution < 1.29 is 18.9 Å². The molecular weight excluding hydrogens is 428 g/mol. The first-order chi connectivity index (χ1) is 16.7. The molecule has 176 valence electrons. The molecule has 0 saturated heterocycles. The van der Waals surface area contributed by atoms with Gasteiger partial charge in [-0.2, -0.15) is 0 Å². The fourth-order valence-electron chi connectivity index (χ4n) is 3.90. The average molecular weight is 459 g/mol. The lowest BCUT2D eigenvalue weighted by Crippen LogP contribution is -2.10. The SMILES string of the molecule is C=CCc1ccc(OCCCn2c(COc3ccccc3OC)nc3ccccc32)c(OC)c1. The van der Waals surface area contributed by atoms with Gasteiger partial charge in [0.05, 0.1) is 31.9 Å². The van der Waals surface area contributed by atoms with Crippen molar-refractivity contribution >= 4 is 11.0 Å². The molecule has 0 bridgehead atoms. The van der Waals surface area contributed by atoms with Gasteiger partial charge in [0.25, 0.3) is 0 Å². The average Bonchev–Trinajstić information content (AvgIpc) is 3.23.